The van der Waals surface area contributed by atoms with E-state index in [1.807, 2.05) is 26.0 Å². The number of hydrogen-bond donors (Lipinski definition) is 7. The second-order valence-corrected chi connectivity index (χ2v) is 18.1. The molecule has 0 heterocycles. The van der Waals surface area contributed by atoms with Gasteiger partial charge in [0.25, 0.3) is 5.91 Å². The number of carbonyl (C=O) groups is 6. The number of nitrogens with two attached hydrogens (primary N) is 1. The molecule has 0 aromatic heterocycles. The zero-order valence-electron chi connectivity index (χ0n) is 37.9. The summed E-state index contributed by atoms with van der Waals surface area (Å²) < 4.78 is 11.2. The highest BCUT2D eigenvalue weighted by molar-refractivity contribution is 5.95. The van der Waals surface area contributed by atoms with Crippen molar-refractivity contribution in [3.05, 3.63) is 59.7 Å². The van der Waals surface area contributed by atoms with Crippen molar-refractivity contribution in [1.82, 2.24) is 26.6 Å². The lowest BCUT2D eigenvalue weighted by molar-refractivity contribution is -0.147. The molecule has 61 heavy (non-hydrogen) atoms. The molecule has 0 unspecified atom stereocenters. The zero-order valence-corrected chi connectivity index (χ0v) is 37.9. The molecule has 0 bridgehead atoms. The highest BCUT2D eigenvalue weighted by Gasteiger charge is 2.39. The summed E-state index contributed by atoms with van der Waals surface area (Å²) >= 11 is 0. The van der Waals surface area contributed by atoms with Gasteiger partial charge in [0, 0.05) is 31.7 Å². The van der Waals surface area contributed by atoms with Crippen LogP contribution in [0.25, 0.3) is 11.1 Å². The maximum Gasteiger partial charge on any atom is 0.407 e. The van der Waals surface area contributed by atoms with Crippen LogP contribution in [0.5, 0.6) is 0 Å². The fourth-order valence-corrected chi connectivity index (χ4v) is 6.45. The van der Waals surface area contributed by atoms with E-state index in [0.717, 1.165) is 30.4 Å². The van der Waals surface area contributed by atoms with Gasteiger partial charge in [-0.3, -0.25) is 24.0 Å². The monoisotopic (exact) mass is 853 g/mol. The minimum atomic E-state index is -1.31. The van der Waals surface area contributed by atoms with E-state index in [0.29, 0.717) is 18.4 Å². The van der Waals surface area contributed by atoms with Gasteiger partial charge in [0.1, 0.15) is 17.7 Å². The van der Waals surface area contributed by atoms with Gasteiger partial charge in [-0.2, -0.15) is 0 Å². The van der Waals surface area contributed by atoms with E-state index < -0.39 is 71.1 Å². The molecule has 0 saturated heterocycles. The number of ether oxygens (including phenoxy) is 2. The Morgan fingerprint density at radius 2 is 1.36 bits per heavy atom. The standard InChI is InChI=1S/C46H72N6O9/c1-11-12-15-31-17-19-32(20-18-31)33-21-23-34(24-22-33)40(54)48-27-25-36(53)50-35(16-13-14-26-49-44(59)61-46(8,9)10)41(55)51-38(30(4)60-28-29(2)3)42(56)52-39(47)37(43(57)58)45(5,6)7/h17-24,29-30,35,37-39H,11-16,25-28,47H2,1-10H3,(H,48,54)(H,49,59)(H,50,53)(H,51,55)(H,52,56)(H,57,58)/t30-,35+,37-,38+,39-/m1/s1. The van der Waals surface area contributed by atoms with Crippen molar-refractivity contribution >= 4 is 35.7 Å². The average Bonchev–Trinajstić information content (AvgIpc) is 3.16. The summed E-state index contributed by atoms with van der Waals surface area (Å²) in [7, 11) is 0. The van der Waals surface area contributed by atoms with Gasteiger partial charge in [-0.15, -0.1) is 0 Å². The number of unbranched alkanes of at least 4 members (excludes halogenated alkanes) is 2. The van der Waals surface area contributed by atoms with Crippen LogP contribution >= 0.6 is 0 Å². The van der Waals surface area contributed by atoms with Crippen molar-refractivity contribution in [1.29, 1.82) is 0 Å². The topological polar surface area (TPSA) is 227 Å². The van der Waals surface area contributed by atoms with Crippen LogP contribution in [0, 0.1) is 17.3 Å². The third-order valence-corrected chi connectivity index (χ3v) is 9.74. The maximum absolute atomic E-state index is 14.0. The summed E-state index contributed by atoms with van der Waals surface area (Å²) in [6.45, 7) is 18.5. The number of aliphatic carboxylic acids is 1. The van der Waals surface area contributed by atoms with Crippen molar-refractivity contribution < 1.29 is 43.3 Å². The molecule has 8 N–H and O–H groups in total. The van der Waals surface area contributed by atoms with Crippen molar-refractivity contribution in [3.63, 3.8) is 0 Å². The second kappa shape index (κ2) is 25.0. The number of aryl methyl sites for hydroxylation is 1. The third-order valence-electron chi connectivity index (χ3n) is 9.74. The van der Waals surface area contributed by atoms with Crippen LogP contribution in [-0.2, 0) is 35.1 Å². The lowest BCUT2D eigenvalue weighted by Gasteiger charge is -2.34. The van der Waals surface area contributed by atoms with E-state index in [1.165, 1.54) is 5.56 Å². The maximum atomic E-state index is 14.0. The SMILES string of the molecule is CCCCc1ccc(-c2ccc(C(=O)NCCC(=O)N[C@@H](CCCCNC(=O)OC(C)(C)C)C(=O)N[C@H](C(=O)N[C@@H](N)[C@H](C(=O)O)C(C)(C)C)[C@@H](C)OCC(C)C)cc2)cc1. The van der Waals surface area contributed by atoms with E-state index in [4.69, 9.17) is 15.2 Å². The normalized spacial score (nSPS) is 14.2. The Balaban J connectivity index is 2.17. The zero-order chi connectivity index (χ0) is 45.9. The van der Waals surface area contributed by atoms with Gasteiger partial charge in [-0.25, -0.2) is 4.79 Å². The number of benzene rings is 2. The van der Waals surface area contributed by atoms with E-state index in [1.54, 1.807) is 60.6 Å². The fraction of sp³-hybridized carbons (Fsp3) is 0.609. The molecule has 0 radical (unpaired) electrons. The number of rotatable bonds is 24. The predicted molar refractivity (Wildman–Crippen MR) is 236 cm³/mol. The van der Waals surface area contributed by atoms with Crippen LogP contribution in [0.4, 0.5) is 4.79 Å². The van der Waals surface area contributed by atoms with Gasteiger partial charge in [-0.1, -0.05) is 84.4 Å². The van der Waals surface area contributed by atoms with Crippen LogP contribution in [0.1, 0.15) is 124 Å². The van der Waals surface area contributed by atoms with Crippen molar-refractivity contribution in [3.8, 4) is 11.1 Å². The van der Waals surface area contributed by atoms with Gasteiger partial charge in [-0.05, 0) is 100.0 Å². The number of nitrogens with one attached hydrogen (secondary N) is 5. The Labute approximate surface area is 362 Å². The number of carboxylic acid groups (broad SMARTS) is 1. The van der Waals surface area contributed by atoms with Gasteiger partial charge < -0.3 is 46.9 Å². The van der Waals surface area contributed by atoms with Crippen LogP contribution in [0.15, 0.2) is 48.5 Å². The molecule has 0 aliphatic carbocycles. The number of hydrogen-bond acceptors (Lipinski definition) is 9. The Hall–Kier alpha value is -5.02. The molecule has 0 fully saturated rings. The van der Waals surface area contributed by atoms with E-state index in [2.05, 4.69) is 57.8 Å². The number of carbonyl (C=O) groups excluding carboxylic acids is 5. The minimum Gasteiger partial charge on any atom is -0.481 e. The van der Waals surface area contributed by atoms with E-state index >= 15 is 0 Å². The largest absolute Gasteiger partial charge is 0.481 e. The molecule has 0 saturated carbocycles. The molecular formula is C46H72N6O9. The molecule has 5 amide bonds. The van der Waals surface area contributed by atoms with Crippen molar-refractivity contribution in [2.45, 2.75) is 144 Å². The first kappa shape index (κ1) is 52.1. The van der Waals surface area contributed by atoms with Crippen LogP contribution in [-0.4, -0.2) is 90.4 Å². The average molecular weight is 853 g/mol. The van der Waals surface area contributed by atoms with Crippen LogP contribution in [0.2, 0.25) is 0 Å². The molecule has 15 nitrogen and oxygen atoms in total. The van der Waals surface area contributed by atoms with Crippen LogP contribution < -0.4 is 32.3 Å². The molecule has 2 rings (SSSR count). The summed E-state index contributed by atoms with van der Waals surface area (Å²) in [6.07, 6.45) is 1.37. The molecule has 2 aromatic carbocycles. The molecule has 0 spiro atoms. The highest BCUT2D eigenvalue weighted by atomic mass is 16.6. The molecule has 15 heteroatoms. The van der Waals surface area contributed by atoms with Gasteiger partial charge >= 0.3 is 12.1 Å². The minimum absolute atomic E-state index is 0.0126. The van der Waals surface area contributed by atoms with E-state index in [9.17, 15) is 33.9 Å². The van der Waals surface area contributed by atoms with E-state index in [-0.39, 0.29) is 44.4 Å². The predicted octanol–water partition coefficient (Wildman–Crippen LogP) is 5.69. The Bertz CT molecular complexity index is 1720. The summed E-state index contributed by atoms with van der Waals surface area (Å²) in [5, 5.41) is 23.3. The molecular weight excluding hydrogens is 781 g/mol. The quantitative estimate of drug-likeness (QED) is 0.0504. The summed E-state index contributed by atoms with van der Waals surface area (Å²) in [5.74, 6) is -4.57. The lowest BCUT2D eigenvalue weighted by atomic mass is 9.79. The molecule has 2 aromatic rings. The Kier molecular flexibility index (Phi) is 21.4. The summed E-state index contributed by atoms with van der Waals surface area (Å²) in [5.41, 5.74) is 8.48. The van der Waals surface area contributed by atoms with Gasteiger partial charge in [0.2, 0.25) is 17.7 Å². The Morgan fingerprint density at radius 3 is 1.90 bits per heavy atom. The van der Waals surface area contributed by atoms with Crippen molar-refractivity contribution in [2.24, 2.45) is 23.0 Å². The fourth-order valence-electron chi connectivity index (χ4n) is 6.45. The second-order valence-electron chi connectivity index (χ2n) is 18.1. The molecule has 5 atom stereocenters. The molecule has 340 valence electrons. The first-order valence-corrected chi connectivity index (χ1v) is 21.5. The van der Waals surface area contributed by atoms with Gasteiger partial charge in [0.15, 0.2) is 0 Å². The first-order valence-electron chi connectivity index (χ1n) is 21.5. The lowest BCUT2D eigenvalue weighted by Crippen LogP contribution is -2.62. The smallest absolute Gasteiger partial charge is 0.407 e. The van der Waals surface area contributed by atoms with Crippen molar-refractivity contribution in [2.75, 3.05) is 19.7 Å². The first-order chi connectivity index (χ1) is 28.5. The number of amides is 5. The molecule has 0 aliphatic heterocycles. The van der Waals surface area contributed by atoms with Gasteiger partial charge in [0.05, 0.1) is 18.2 Å². The summed E-state index contributed by atoms with van der Waals surface area (Å²) in [4.78, 5) is 78.2. The number of alkyl carbamates (subject to hydrolysis) is 1. The summed E-state index contributed by atoms with van der Waals surface area (Å²) in [6, 6.07) is 13.2. The Morgan fingerprint density at radius 1 is 0.754 bits per heavy atom. The van der Waals surface area contributed by atoms with Crippen LogP contribution in [0.3, 0.4) is 0 Å². The highest BCUT2D eigenvalue weighted by Crippen LogP contribution is 2.28. The number of carboxylic acids is 1. The third kappa shape index (κ3) is 19.5. The molecule has 0 aliphatic rings.